The Bertz CT molecular complexity index is 631. The van der Waals surface area contributed by atoms with Crippen LogP contribution in [0.5, 0.6) is 0 Å². The first-order valence-electron chi connectivity index (χ1n) is 8.89. The molecule has 24 heavy (non-hydrogen) atoms. The van der Waals surface area contributed by atoms with E-state index in [0.29, 0.717) is 5.92 Å². The molecule has 0 saturated carbocycles. The minimum Gasteiger partial charge on any atom is -0.353 e. The van der Waals surface area contributed by atoms with Crippen molar-refractivity contribution in [1.29, 1.82) is 0 Å². The van der Waals surface area contributed by atoms with Gasteiger partial charge in [0.2, 0.25) is 5.91 Å². The summed E-state index contributed by atoms with van der Waals surface area (Å²) in [5.41, 5.74) is 3.65. The zero-order valence-electron chi connectivity index (χ0n) is 15.3. The summed E-state index contributed by atoms with van der Waals surface area (Å²) in [6.45, 7) is 8.47. The third kappa shape index (κ3) is 5.52. The van der Waals surface area contributed by atoms with Crippen molar-refractivity contribution in [2.45, 2.75) is 52.5 Å². The van der Waals surface area contributed by atoms with Crippen LogP contribution < -0.4 is 5.32 Å². The van der Waals surface area contributed by atoms with Crippen molar-refractivity contribution in [3.63, 3.8) is 0 Å². The third-order valence-corrected chi connectivity index (χ3v) is 4.29. The fourth-order valence-corrected chi connectivity index (χ4v) is 2.95. The highest BCUT2D eigenvalue weighted by Crippen LogP contribution is 2.18. The highest BCUT2D eigenvalue weighted by molar-refractivity contribution is 5.83. The van der Waals surface area contributed by atoms with E-state index in [2.05, 4.69) is 62.5 Å². The Hall–Kier alpha value is -2.09. The van der Waals surface area contributed by atoms with E-state index in [1.165, 1.54) is 11.1 Å². The highest BCUT2D eigenvalue weighted by Gasteiger charge is 2.17. The van der Waals surface area contributed by atoms with Gasteiger partial charge in [-0.05, 0) is 49.3 Å². The Morgan fingerprint density at radius 3 is 2.00 bits per heavy atom. The smallest absolute Gasteiger partial charge is 0.227 e. The standard InChI is InChI=1S/C22H29NO/c1-16(2)14-20-10-12-21(13-11-20)18(4)22(24)23-17(3)15-19-8-6-5-7-9-19/h5-13,16-18H,14-15H2,1-4H3,(H,23,24). The molecule has 2 aromatic rings. The van der Waals surface area contributed by atoms with Gasteiger partial charge in [0.15, 0.2) is 0 Å². The summed E-state index contributed by atoms with van der Waals surface area (Å²) >= 11 is 0. The van der Waals surface area contributed by atoms with Gasteiger partial charge in [-0.15, -0.1) is 0 Å². The molecule has 0 aromatic heterocycles. The molecule has 2 atom stereocenters. The van der Waals surface area contributed by atoms with Crippen LogP contribution in [0.25, 0.3) is 0 Å². The van der Waals surface area contributed by atoms with Crippen LogP contribution >= 0.6 is 0 Å². The molecule has 0 saturated heterocycles. The summed E-state index contributed by atoms with van der Waals surface area (Å²) in [5, 5.41) is 3.13. The van der Waals surface area contributed by atoms with Crippen LogP contribution in [0.2, 0.25) is 0 Å². The minimum atomic E-state index is -0.128. The third-order valence-electron chi connectivity index (χ3n) is 4.29. The van der Waals surface area contributed by atoms with E-state index in [1.807, 2.05) is 25.1 Å². The summed E-state index contributed by atoms with van der Waals surface area (Å²) in [7, 11) is 0. The van der Waals surface area contributed by atoms with Gasteiger partial charge >= 0.3 is 0 Å². The Balaban J connectivity index is 1.91. The maximum Gasteiger partial charge on any atom is 0.227 e. The Morgan fingerprint density at radius 2 is 1.42 bits per heavy atom. The first-order valence-corrected chi connectivity index (χ1v) is 8.89. The molecular weight excluding hydrogens is 294 g/mol. The molecule has 2 nitrogen and oxygen atoms in total. The van der Waals surface area contributed by atoms with Gasteiger partial charge in [-0.25, -0.2) is 0 Å². The van der Waals surface area contributed by atoms with Gasteiger partial charge < -0.3 is 5.32 Å². The molecule has 0 aliphatic rings. The molecule has 2 aromatic carbocycles. The number of carbonyl (C=O) groups is 1. The van der Waals surface area contributed by atoms with Crippen molar-refractivity contribution < 1.29 is 4.79 Å². The van der Waals surface area contributed by atoms with Crippen LogP contribution in [0.4, 0.5) is 0 Å². The van der Waals surface area contributed by atoms with Crippen molar-refractivity contribution in [2.75, 3.05) is 0 Å². The molecule has 2 unspecified atom stereocenters. The lowest BCUT2D eigenvalue weighted by atomic mass is 9.96. The summed E-state index contributed by atoms with van der Waals surface area (Å²) in [5.74, 6) is 0.613. The molecule has 2 rings (SSSR count). The van der Waals surface area contributed by atoms with E-state index in [4.69, 9.17) is 0 Å². The predicted octanol–water partition coefficient (Wildman–Crippen LogP) is 4.74. The number of nitrogens with one attached hydrogen (secondary N) is 1. The van der Waals surface area contributed by atoms with Crippen LogP contribution in [0.15, 0.2) is 54.6 Å². The normalized spacial score (nSPS) is 13.5. The highest BCUT2D eigenvalue weighted by atomic mass is 16.1. The zero-order chi connectivity index (χ0) is 17.5. The van der Waals surface area contributed by atoms with Gasteiger partial charge in [0.25, 0.3) is 0 Å². The summed E-state index contributed by atoms with van der Waals surface area (Å²) < 4.78 is 0. The van der Waals surface area contributed by atoms with Crippen molar-refractivity contribution >= 4 is 5.91 Å². The fraction of sp³-hybridized carbons (Fsp3) is 0.409. The maximum atomic E-state index is 12.5. The monoisotopic (exact) mass is 323 g/mol. The van der Waals surface area contributed by atoms with Gasteiger partial charge in [0.1, 0.15) is 0 Å². The number of amides is 1. The van der Waals surface area contributed by atoms with Crippen molar-refractivity contribution in [3.05, 3.63) is 71.3 Å². The summed E-state index contributed by atoms with van der Waals surface area (Å²) in [6.07, 6.45) is 1.93. The average Bonchev–Trinajstić information content (AvgIpc) is 2.55. The summed E-state index contributed by atoms with van der Waals surface area (Å²) in [4.78, 5) is 12.5. The topological polar surface area (TPSA) is 29.1 Å². The van der Waals surface area contributed by atoms with Gasteiger partial charge in [0, 0.05) is 6.04 Å². The first kappa shape index (κ1) is 18.3. The lowest BCUT2D eigenvalue weighted by Gasteiger charge is -2.18. The molecule has 0 fully saturated rings. The average molecular weight is 323 g/mol. The number of rotatable bonds is 7. The predicted molar refractivity (Wildman–Crippen MR) is 101 cm³/mol. The second kappa shape index (κ2) is 8.68. The zero-order valence-corrected chi connectivity index (χ0v) is 15.3. The van der Waals surface area contributed by atoms with Crippen LogP contribution in [0.3, 0.4) is 0 Å². The van der Waals surface area contributed by atoms with Crippen molar-refractivity contribution in [2.24, 2.45) is 5.92 Å². The molecule has 0 heterocycles. The first-order chi connectivity index (χ1) is 11.5. The van der Waals surface area contributed by atoms with Crippen LogP contribution in [-0.4, -0.2) is 11.9 Å². The molecule has 0 spiro atoms. The molecule has 0 bridgehead atoms. The Labute approximate surface area is 146 Å². The number of hydrogen-bond acceptors (Lipinski definition) is 1. The van der Waals surface area contributed by atoms with Crippen LogP contribution in [0.1, 0.15) is 50.3 Å². The number of hydrogen-bond donors (Lipinski definition) is 1. The SMILES string of the molecule is CC(C)Cc1ccc(C(C)C(=O)NC(C)Cc2ccccc2)cc1. The molecule has 0 aliphatic carbocycles. The van der Waals surface area contributed by atoms with Crippen LogP contribution in [0, 0.1) is 5.92 Å². The quantitative estimate of drug-likeness (QED) is 0.783. The second-order valence-corrected chi connectivity index (χ2v) is 7.16. The molecule has 2 heteroatoms. The van der Waals surface area contributed by atoms with Crippen molar-refractivity contribution in [1.82, 2.24) is 5.32 Å². The minimum absolute atomic E-state index is 0.0926. The lowest BCUT2D eigenvalue weighted by Crippen LogP contribution is -2.36. The van der Waals surface area contributed by atoms with E-state index in [-0.39, 0.29) is 17.9 Å². The van der Waals surface area contributed by atoms with Gasteiger partial charge in [-0.2, -0.15) is 0 Å². The van der Waals surface area contributed by atoms with E-state index < -0.39 is 0 Å². The Kier molecular flexibility index (Phi) is 6.60. The van der Waals surface area contributed by atoms with E-state index >= 15 is 0 Å². The van der Waals surface area contributed by atoms with E-state index in [9.17, 15) is 4.79 Å². The molecule has 0 radical (unpaired) electrons. The molecule has 1 amide bonds. The lowest BCUT2D eigenvalue weighted by molar-refractivity contribution is -0.122. The molecule has 1 N–H and O–H groups in total. The Morgan fingerprint density at radius 1 is 0.833 bits per heavy atom. The second-order valence-electron chi connectivity index (χ2n) is 7.16. The van der Waals surface area contributed by atoms with Crippen LogP contribution in [-0.2, 0) is 17.6 Å². The summed E-state index contributed by atoms with van der Waals surface area (Å²) in [6, 6.07) is 18.9. The van der Waals surface area contributed by atoms with Gasteiger partial charge in [0.05, 0.1) is 5.92 Å². The van der Waals surface area contributed by atoms with Gasteiger partial charge in [-0.1, -0.05) is 68.4 Å². The largest absolute Gasteiger partial charge is 0.353 e. The van der Waals surface area contributed by atoms with E-state index in [1.54, 1.807) is 0 Å². The van der Waals surface area contributed by atoms with E-state index in [0.717, 1.165) is 18.4 Å². The number of carbonyl (C=O) groups excluding carboxylic acids is 1. The molecule has 128 valence electrons. The molecular formula is C22H29NO. The van der Waals surface area contributed by atoms with Gasteiger partial charge in [-0.3, -0.25) is 4.79 Å². The maximum absolute atomic E-state index is 12.5. The number of benzene rings is 2. The van der Waals surface area contributed by atoms with Crippen molar-refractivity contribution in [3.8, 4) is 0 Å². The molecule has 0 aliphatic heterocycles. The fourth-order valence-electron chi connectivity index (χ4n) is 2.95.